The molecule has 0 aromatic rings. The number of rotatable bonds is 3. The van der Waals surface area contributed by atoms with Crippen LogP contribution in [0.1, 0.15) is 20.3 Å². The number of hydrogen-bond acceptors (Lipinski definition) is 3. The summed E-state index contributed by atoms with van der Waals surface area (Å²) in [7, 11) is 1.74. The molecule has 4 nitrogen and oxygen atoms in total. The van der Waals surface area contributed by atoms with Gasteiger partial charge in [0.05, 0.1) is 12.5 Å². The van der Waals surface area contributed by atoms with E-state index in [4.69, 9.17) is 4.74 Å². The molecule has 2 aliphatic heterocycles. The quantitative estimate of drug-likeness (QED) is 0.790. The van der Waals surface area contributed by atoms with Crippen molar-refractivity contribution >= 4 is 5.91 Å². The van der Waals surface area contributed by atoms with Crippen LogP contribution >= 0.6 is 0 Å². The van der Waals surface area contributed by atoms with Gasteiger partial charge in [-0.15, -0.1) is 0 Å². The van der Waals surface area contributed by atoms with Gasteiger partial charge in [0.25, 0.3) is 0 Å². The smallest absolute Gasteiger partial charge is 0.227 e. The lowest BCUT2D eigenvalue weighted by molar-refractivity contribution is -0.134. The number of hydrogen-bond donors (Lipinski definition) is 1. The van der Waals surface area contributed by atoms with E-state index in [1.54, 1.807) is 7.11 Å². The van der Waals surface area contributed by atoms with Crippen LogP contribution in [0.25, 0.3) is 0 Å². The largest absolute Gasteiger partial charge is 0.384 e. The molecular weight excluding hydrogens is 216 g/mol. The van der Waals surface area contributed by atoms with Crippen molar-refractivity contribution in [2.24, 2.45) is 17.3 Å². The molecule has 4 heteroatoms. The highest BCUT2D eigenvalue weighted by molar-refractivity contribution is 5.79. The van der Waals surface area contributed by atoms with Gasteiger partial charge in [0.15, 0.2) is 0 Å². The maximum atomic E-state index is 12.3. The number of nitrogens with zero attached hydrogens (tertiary/aromatic N) is 1. The average molecular weight is 240 g/mol. The molecule has 2 fully saturated rings. The minimum atomic E-state index is 0.178. The van der Waals surface area contributed by atoms with Crippen LogP contribution < -0.4 is 5.32 Å². The lowest BCUT2D eigenvalue weighted by Gasteiger charge is -2.24. The van der Waals surface area contributed by atoms with Crippen molar-refractivity contribution in [3.05, 3.63) is 0 Å². The Morgan fingerprint density at radius 2 is 2.29 bits per heavy atom. The van der Waals surface area contributed by atoms with Crippen molar-refractivity contribution in [1.82, 2.24) is 10.2 Å². The lowest BCUT2D eigenvalue weighted by atomic mass is 9.83. The Hall–Kier alpha value is -0.610. The van der Waals surface area contributed by atoms with Gasteiger partial charge in [0, 0.05) is 32.7 Å². The number of methoxy groups -OCH3 is 1. The van der Waals surface area contributed by atoms with E-state index in [9.17, 15) is 4.79 Å². The summed E-state index contributed by atoms with van der Waals surface area (Å²) in [5.74, 6) is 1.000. The maximum absolute atomic E-state index is 12.3. The second kappa shape index (κ2) is 4.94. The highest BCUT2D eigenvalue weighted by Crippen LogP contribution is 2.36. The molecule has 0 bridgehead atoms. The summed E-state index contributed by atoms with van der Waals surface area (Å²) in [5.41, 5.74) is 0.178. The molecule has 17 heavy (non-hydrogen) atoms. The van der Waals surface area contributed by atoms with Crippen LogP contribution in [0, 0.1) is 17.3 Å². The van der Waals surface area contributed by atoms with Gasteiger partial charge in [-0.05, 0) is 18.4 Å². The first kappa shape index (κ1) is 12.8. The monoisotopic (exact) mass is 240 g/mol. The van der Waals surface area contributed by atoms with E-state index in [0.29, 0.717) is 11.8 Å². The van der Waals surface area contributed by atoms with Gasteiger partial charge in [0.2, 0.25) is 5.91 Å². The summed E-state index contributed by atoms with van der Waals surface area (Å²) in [6.07, 6.45) is 0.991. The molecule has 0 aliphatic carbocycles. The van der Waals surface area contributed by atoms with Crippen LogP contribution in [0.2, 0.25) is 0 Å². The highest BCUT2D eigenvalue weighted by Gasteiger charge is 2.42. The van der Waals surface area contributed by atoms with Gasteiger partial charge in [-0.25, -0.2) is 0 Å². The summed E-state index contributed by atoms with van der Waals surface area (Å²) in [6.45, 7) is 8.78. The third-order valence-electron chi connectivity index (χ3n) is 4.23. The molecule has 0 aromatic carbocycles. The van der Waals surface area contributed by atoms with Gasteiger partial charge in [-0.3, -0.25) is 4.79 Å². The molecule has 2 saturated heterocycles. The van der Waals surface area contributed by atoms with Crippen molar-refractivity contribution < 1.29 is 9.53 Å². The second-order valence-corrected chi connectivity index (χ2v) is 6.05. The van der Waals surface area contributed by atoms with E-state index in [2.05, 4.69) is 19.2 Å². The maximum Gasteiger partial charge on any atom is 0.227 e. The standard InChI is InChI=1S/C13H24N2O2/c1-13(2)9-15(7-11(13)8-17-3)12(16)10-4-5-14-6-10/h10-11,14H,4-9H2,1-3H3/t10-,11-/m1/s1. The Balaban J connectivity index is 1.97. The van der Waals surface area contributed by atoms with E-state index in [0.717, 1.165) is 39.2 Å². The van der Waals surface area contributed by atoms with Crippen molar-refractivity contribution in [1.29, 1.82) is 0 Å². The first-order valence-electron chi connectivity index (χ1n) is 6.53. The van der Waals surface area contributed by atoms with Gasteiger partial charge in [0.1, 0.15) is 0 Å². The number of likely N-dealkylation sites (tertiary alicyclic amines) is 1. The zero-order chi connectivity index (χ0) is 12.5. The molecule has 2 aliphatic rings. The van der Waals surface area contributed by atoms with Crippen LogP contribution in [0.4, 0.5) is 0 Å². The first-order chi connectivity index (χ1) is 8.04. The minimum absolute atomic E-state index is 0.178. The Kier molecular flexibility index (Phi) is 3.73. The Morgan fingerprint density at radius 1 is 1.53 bits per heavy atom. The van der Waals surface area contributed by atoms with Crippen LogP contribution in [-0.4, -0.2) is 50.7 Å². The van der Waals surface area contributed by atoms with E-state index < -0.39 is 0 Å². The van der Waals surface area contributed by atoms with Crippen LogP contribution in [0.5, 0.6) is 0 Å². The van der Waals surface area contributed by atoms with Crippen molar-refractivity contribution in [3.63, 3.8) is 0 Å². The molecule has 0 spiro atoms. The highest BCUT2D eigenvalue weighted by atomic mass is 16.5. The number of carbonyl (C=O) groups excluding carboxylic acids is 1. The van der Waals surface area contributed by atoms with Gasteiger partial charge in [-0.1, -0.05) is 13.8 Å². The third-order valence-corrected chi connectivity index (χ3v) is 4.23. The van der Waals surface area contributed by atoms with Crippen LogP contribution in [0.15, 0.2) is 0 Å². The van der Waals surface area contributed by atoms with Gasteiger partial charge < -0.3 is 15.0 Å². The Morgan fingerprint density at radius 3 is 2.88 bits per heavy atom. The summed E-state index contributed by atoms with van der Waals surface area (Å²) in [4.78, 5) is 14.4. The summed E-state index contributed by atoms with van der Waals surface area (Å²) < 4.78 is 5.26. The van der Waals surface area contributed by atoms with Crippen molar-refractivity contribution in [2.75, 3.05) is 39.9 Å². The van der Waals surface area contributed by atoms with E-state index in [-0.39, 0.29) is 11.3 Å². The molecular formula is C13H24N2O2. The van der Waals surface area contributed by atoms with Gasteiger partial charge in [-0.2, -0.15) is 0 Å². The number of nitrogens with one attached hydrogen (secondary N) is 1. The van der Waals surface area contributed by atoms with E-state index >= 15 is 0 Å². The van der Waals surface area contributed by atoms with E-state index in [1.165, 1.54) is 0 Å². The number of amides is 1. The summed E-state index contributed by atoms with van der Waals surface area (Å²) in [5, 5.41) is 3.26. The summed E-state index contributed by atoms with van der Waals surface area (Å²) >= 11 is 0. The van der Waals surface area contributed by atoms with Gasteiger partial charge >= 0.3 is 0 Å². The second-order valence-electron chi connectivity index (χ2n) is 6.05. The predicted molar refractivity (Wildman–Crippen MR) is 66.7 cm³/mol. The molecule has 0 saturated carbocycles. The zero-order valence-corrected chi connectivity index (χ0v) is 11.2. The molecule has 2 atom stereocenters. The van der Waals surface area contributed by atoms with Crippen molar-refractivity contribution in [3.8, 4) is 0 Å². The topological polar surface area (TPSA) is 41.6 Å². The Bertz CT molecular complexity index is 285. The molecule has 2 heterocycles. The normalized spacial score (nSPS) is 32.1. The molecule has 2 rings (SSSR count). The Labute approximate surface area is 104 Å². The fourth-order valence-electron chi connectivity index (χ4n) is 2.97. The molecule has 0 aromatic heterocycles. The SMILES string of the molecule is COC[C@H]1CN(C(=O)[C@@H]2CCNC2)CC1(C)C. The fourth-order valence-corrected chi connectivity index (χ4v) is 2.97. The lowest BCUT2D eigenvalue weighted by Crippen LogP contribution is -2.36. The number of carbonyl (C=O) groups is 1. The zero-order valence-electron chi connectivity index (χ0n) is 11.2. The molecule has 98 valence electrons. The molecule has 1 N–H and O–H groups in total. The van der Waals surface area contributed by atoms with E-state index in [1.807, 2.05) is 4.90 Å². The molecule has 1 amide bonds. The number of ether oxygens (including phenoxy) is 1. The average Bonchev–Trinajstić information content (AvgIpc) is 2.87. The first-order valence-corrected chi connectivity index (χ1v) is 6.53. The molecule has 0 unspecified atom stereocenters. The fraction of sp³-hybridized carbons (Fsp3) is 0.923. The third kappa shape index (κ3) is 2.63. The molecule has 0 radical (unpaired) electrons. The predicted octanol–water partition coefficient (Wildman–Crippen LogP) is 0.727. The van der Waals surface area contributed by atoms with Crippen LogP contribution in [-0.2, 0) is 9.53 Å². The van der Waals surface area contributed by atoms with Crippen molar-refractivity contribution in [2.45, 2.75) is 20.3 Å². The summed E-state index contributed by atoms with van der Waals surface area (Å²) in [6, 6.07) is 0. The van der Waals surface area contributed by atoms with Crippen LogP contribution in [0.3, 0.4) is 0 Å². The minimum Gasteiger partial charge on any atom is -0.384 e.